The molecule has 0 aromatic carbocycles. The number of carbonyl (C=O) groups excluding carboxylic acids is 1. The number of carbonyl (C=O) groups is 1. The minimum atomic E-state index is -0.0508. The maximum Gasteiger partial charge on any atom is 0.257 e. The van der Waals surface area contributed by atoms with E-state index in [1.807, 2.05) is 11.8 Å². The molecule has 1 aliphatic heterocycles. The largest absolute Gasteiger partial charge is 0.345 e. The molecule has 0 bridgehead atoms. The van der Waals surface area contributed by atoms with E-state index < -0.39 is 0 Å². The van der Waals surface area contributed by atoms with Crippen LogP contribution in [-0.2, 0) is 6.54 Å². The summed E-state index contributed by atoms with van der Waals surface area (Å²) in [5, 5.41) is 0.469. The van der Waals surface area contributed by atoms with Crippen molar-refractivity contribution in [3.63, 3.8) is 0 Å². The number of hydrogen-bond acceptors (Lipinski definition) is 2. The van der Waals surface area contributed by atoms with Crippen LogP contribution in [0.3, 0.4) is 0 Å². The molecule has 1 amide bonds. The number of aryl methyl sites for hydroxylation is 2. The highest BCUT2D eigenvalue weighted by Crippen LogP contribution is 2.29. The molecule has 4 nitrogen and oxygen atoms in total. The van der Waals surface area contributed by atoms with Gasteiger partial charge in [0.2, 0.25) is 0 Å². The van der Waals surface area contributed by atoms with Crippen molar-refractivity contribution in [3.05, 3.63) is 52.1 Å². The second-order valence-electron chi connectivity index (χ2n) is 5.53. The van der Waals surface area contributed by atoms with Gasteiger partial charge < -0.3 is 9.47 Å². The molecule has 21 heavy (non-hydrogen) atoms. The zero-order valence-electron chi connectivity index (χ0n) is 12.4. The Morgan fingerprint density at radius 3 is 2.81 bits per heavy atom. The maximum atomic E-state index is 12.8. The molecule has 1 aliphatic rings. The van der Waals surface area contributed by atoms with Gasteiger partial charge in [0.25, 0.3) is 5.91 Å². The maximum absolute atomic E-state index is 12.8. The van der Waals surface area contributed by atoms with Gasteiger partial charge in [-0.2, -0.15) is 0 Å². The average Bonchev–Trinajstić information content (AvgIpc) is 2.81. The number of nitrogens with zero attached hydrogens (tertiary/aromatic N) is 3. The summed E-state index contributed by atoms with van der Waals surface area (Å²) in [6.45, 7) is 7.51. The summed E-state index contributed by atoms with van der Waals surface area (Å²) in [5.41, 5.74) is 3.70. The van der Waals surface area contributed by atoms with Crippen LogP contribution in [0.4, 0.5) is 0 Å². The molecule has 5 heteroatoms. The molecule has 0 aliphatic carbocycles. The van der Waals surface area contributed by atoms with Crippen LogP contribution in [0.1, 0.15) is 40.4 Å². The quantitative estimate of drug-likeness (QED) is 0.810. The SMILES string of the molecule is Cc1cc(Cl)c(C(=O)N2CCn3c(C)ccc3C2C)cn1. The fourth-order valence-corrected chi connectivity index (χ4v) is 3.22. The van der Waals surface area contributed by atoms with Crippen LogP contribution in [0.5, 0.6) is 0 Å². The molecular formula is C16H18ClN3O. The van der Waals surface area contributed by atoms with Crippen LogP contribution in [0.2, 0.25) is 5.02 Å². The van der Waals surface area contributed by atoms with Gasteiger partial charge in [-0.05, 0) is 39.0 Å². The van der Waals surface area contributed by atoms with Crippen LogP contribution in [0.15, 0.2) is 24.4 Å². The van der Waals surface area contributed by atoms with Crippen molar-refractivity contribution in [2.45, 2.75) is 33.4 Å². The second kappa shape index (κ2) is 5.19. The molecule has 1 unspecified atom stereocenters. The average molecular weight is 304 g/mol. The van der Waals surface area contributed by atoms with Gasteiger partial charge in [-0.1, -0.05) is 11.6 Å². The first-order chi connectivity index (χ1) is 9.99. The Labute approximate surface area is 129 Å². The molecule has 3 rings (SSSR count). The van der Waals surface area contributed by atoms with Crippen LogP contribution in [0, 0.1) is 13.8 Å². The summed E-state index contributed by atoms with van der Waals surface area (Å²) in [4.78, 5) is 18.8. The minimum absolute atomic E-state index is 0.0392. The Hall–Kier alpha value is -1.81. The Balaban J connectivity index is 1.93. The fourth-order valence-electron chi connectivity index (χ4n) is 2.94. The summed E-state index contributed by atoms with van der Waals surface area (Å²) >= 11 is 6.20. The van der Waals surface area contributed by atoms with Crippen LogP contribution in [-0.4, -0.2) is 26.9 Å². The normalized spacial score (nSPS) is 17.7. The van der Waals surface area contributed by atoms with Crippen LogP contribution < -0.4 is 0 Å². The lowest BCUT2D eigenvalue weighted by Crippen LogP contribution is -2.41. The highest BCUT2D eigenvalue weighted by molar-refractivity contribution is 6.33. The van der Waals surface area contributed by atoms with Gasteiger partial charge >= 0.3 is 0 Å². The summed E-state index contributed by atoms with van der Waals surface area (Å²) < 4.78 is 2.27. The lowest BCUT2D eigenvalue weighted by atomic mass is 10.1. The monoisotopic (exact) mass is 303 g/mol. The topological polar surface area (TPSA) is 38.1 Å². The zero-order valence-corrected chi connectivity index (χ0v) is 13.2. The molecule has 0 saturated heterocycles. The molecule has 3 heterocycles. The number of pyridine rings is 1. The molecule has 2 aromatic heterocycles. The minimum Gasteiger partial charge on any atom is -0.345 e. The number of halogens is 1. The second-order valence-corrected chi connectivity index (χ2v) is 5.94. The summed E-state index contributed by atoms with van der Waals surface area (Å²) in [5.74, 6) is -0.0508. The number of hydrogen-bond donors (Lipinski definition) is 0. The Morgan fingerprint density at radius 1 is 1.33 bits per heavy atom. The first-order valence-corrected chi connectivity index (χ1v) is 7.46. The Bertz CT molecular complexity index is 708. The first kappa shape index (κ1) is 14.1. The van der Waals surface area contributed by atoms with Crippen molar-refractivity contribution in [2.75, 3.05) is 6.54 Å². The van der Waals surface area contributed by atoms with E-state index >= 15 is 0 Å². The van der Waals surface area contributed by atoms with Gasteiger partial charge in [-0.25, -0.2) is 0 Å². The number of fused-ring (bicyclic) bond motifs is 1. The van der Waals surface area contributed by atoms with Crippen molar-refractivity contribution in [1.82, 2.24) is 14.5 Å². The van der Waals surface area contributed by atoms with E-state index in [1.54, 1.807) is 12.3 Å². The van der Waals surface area contributed by atoms with E-state index in [0.29, 0.717) is 17.1 Å². The van der Waals surface area contributed by atoms with E-state index in [-0.39, 0.29) is 11.9 Å². The van der Waals surface area contributed by atoms with E-state index in [4.69, 9.17) is 11.6 Å². The molecule has 0 N–H and O–H groups in total. The predicted molar refractivity (Wildman–Crippen MR) is 82.6 cm³/mol. The molecule has 0 saturated carbocycles. The van der Waals surface area contributed by atoms with Crippen molar-refractivity contribution < 1.29 is 4.79 Å². The molecule has 110 valence electrons. The van der Waals surface area contributed by atoms with Crippen molar-refractivity contribution in [1.29, 1.82) is 0 Å². The lowest BCUT2D eigenvalue weighted by Gasteiger charge is -2.35. The fraction of sp³-hybridized carbons (Fsp3) is 0.375. The molecule has 0 radical (unpaired) electrons. The van der Waals surface area contributed by atoms with Gasteiger partial charge in [-0.15, -0.1) is 0 Å². The standard InChI is InChI=1S/C16H18ClN3O/c1-10-8-14(17)13(9-18-10)16(21)20-7-6-19-11(2)4-5-15(19)12(20)3/h4-5,8-9,12H,6-7H2,1-3H3. The summed E-state index contributed by atoms with van der Waals surface area (Å²) in [6.07, 6.45) is 1.58. The third-order valence-electron chi connectivity index (χ3n) is 4.17. The molecule has 1 atom stereocenters. The van der Waals surface area contributed by atoms with Crippen molar-refractivity contribution >= 4 is 17.5 Å². The zero-order chi connectivity index (χ0) is 15.1. The molecular weight excluding hydrogens is 286 g/mol. The smallest absolute Gasteiger partial charge is 0.257 e. The first-order valence-electron chi connectivity index (χ1n) is 7.08. The van der Waals surface area contributed by atoms with Gasteiger partial charge in [0, 0.05) is 36.4 Å². The highest BCUT2D eigenvalue weighted by atomic mass is 35.5. The highest BCUT2D eigenvalue weighted by Gasteiger charge is 2.30. The van der Waals surface area contributed by atoms with Gasteiger partial charge in [-0.3, -0.25) is 9.78 Å². The van der Waals surface area contributed by atoms with Gasteiger partial charge in [0.15, 0.2) is 0 Å². The van der Waals surface area contributed by atoms with Crippen LogP contribution in [0.25, 0.3) is 0 Å². The number of aromatic nitrogens is 2. The van der Waals surface area contributed by atoms with Gasteiger partial charge in [0.1, 0.15) is 0 Å². The number of amides is 1. The molecule has 0 fully saturated rings. The van der Waals surface area contributed by atoms with Crippen molar-refractivity contribution in [3.8, 4) is 0 Å². The Morgan fingerprint density at radius 2 is 2.10 bits per heavy atom. The van der Waals surface area contributed by atoms with Gasteiger partial charge in [0.05, 0.1) is 16.6 Å². The third kappa shape index (κ3) is 2.33. The number of rotatable bonds is 1. The lowest BCUT2D eigenvalue weighted by molar-refractivity contribution is 0.0642. The summed E-state index contributed by atoms with van der Waals surface area (Å²) in [7, 11) is 0. The van der Waals surface area contributed by atoms with E-state index in [9.17, 15) is 4.79 Å². The van der Waals surface area contributed by atoms with E-state index in [0.717, 1.165) is 12.2 Å². The van der Waals surface area contributed by atoms with E-state index in [2.05, 4.69) is 35.5 Å². The van der Waals surface area contributed by atoms with Crippen LogP contribution >= 0.6 is 11.6 Å². The third-order valence-corrected chi connectivity index (χ3v) is 4.49. The molecule has 2 aromatic rings. The van der Waals surface area contributed by atoms with Crippen molar-refractivity contribution in [2.24, 2.45) is 0 Å². The Kier molecular flexibility index (Phi) is 3.49. The molecule has 0 spiro atoms. The summed E-state index contributed by atoms with van der Waals surface area (Å²) in [6, 6.07) is 5.96. The van der Waals surface area contributed by atoms with E-state index in [1.165, 1.54) is 11.4 Å². The predicted octanol–water partition coefficient (Wildman–Crippen LogP) is 3.37.